The molecule has 6 rings (SSSR count). The average Bonchev–Trinajstić information content (AvgIpc) is 3.14. The van der Waals surface area contributed by atoms with E-state index < -0.39 is 134 Å². The minimum Gasteiger partial charge on any atom is -0.507 e. The maximum absolute atomic E-state index is 11.0. The molecule has 0 bridgehead atoms. The lowest BCUT2D eigenvalue weighted by molar-refractivity contribution is -0.324. The summed E-state index contributed by atoms with van der Waals surface area (Å²) >= 11 is 0. The van der Waals surface area contributed by atoms with Gasteiger partial charge in [0.15, 0.2) is 29.6 Å². The molecule has 16 atom stereocenters. The molecule has 4 aliphatic heterocycles. The fourth-order valence-electron chi connectivity index (χ4n) is 6.33. The van der Waals surface area contributed by atoms with Gasteiger partial charge in [-0.1, -0.05) is 0 Å². The van der Waals surface area contributed by atoms with E-state index in [9.17, 15) is 71.5 Å². The molecule has 3 saturated heterocycles. The molecule has 2 aromatic rings. The monoisotopic (exact) mass is 774 g/mol. The molecule has 3 fully saturated rings. The fraction of sp³-hybridized carbons (Fsp3) is 0.576. The second-order valence-electron chi connectivity index (χ2n) is 13.3. The van der Waals surface area contributed by atoms with Gasteiger partial charge >= 0.3 is 0 Å². The van der Waals surface area contributed by atoms with Crippen LogP contribution in [0.15, 0.2) is 30.0 Å². The molecule has 300 valence electrons. The van der Waals surface area contributed by atoms with E-state index in [0.717, 1.165) is 18.2 Å². The average molecular weight is 775 g/mol. The molecular weight excluding hydrogens is 732 g/mol. The van der Waals surface area contributed by atoms with Gasteiger partial charge < -0.3 is 105 Å². The lowest BCUT2D eigenvalue weighted by atomic mass is 9.98. The summed E-state index contributed by atoms with van der Waals surface area (Å²) in [6.07, 6.45) is -24.7. The smallest absolute Gasteiger partial charge is 0.229 e. The van der Waals surface area contributed by atoms with Crippen LogP contribution in [-0.4, -0.2) is 177 Å². The Bertz CT molecular complexity index is 1650. The van der Waals surface area contributed by atoms with Gasteiger partial charge in [0.05, 0.1) is 24.9 Å². The second-order valence-corrected chi connectivity index (χ2v) is 13.3. The first-order chi connectivity index (χ1) is 25.5. The minimum atomic E-state index is -1.95. The third-order valence-corrected chi connectivity index (χ3v) is 9.53. The third-order valence-electron chi connectivity index (χ3n) is 9.53. The highest BCUT2D eigenvalue weighted by Crippen LogP contribution is 2.47. The number of hydrogen-bond donors (Lipinski definition) is 14. The van der Waals surface area contributed by atoms with E-state index >= 15 is 0 Å². The van der Waals surface area contributed by atoms with Gasteiger partial charge in [0, 0.05) is 17.7 Å². The van der Waals surface area contributed by atoms with Crippen molar-refractivity contribution >= 4 is 6.08 Å². The van der Waals surface area contributed by atoms with Crippen LogP contribution in [0.25, 0.3) is 6.08 Å². The Balaban J connectivity index is 1.28. The number of phenolic OH excluding ortho intramolecular Hbond substituents is 4. The molecule has 0 spiro atoms. The van der Waals surface area contributed by atoms with E-state index in [0.29, 0.717) is 0 Å². The van der Waals surface area contributed by atoms with Crippen molar-refractivity contribution in [3.8, 4) is 34.5 Å². The van der Waals surface area contributed by atoms with Gasteiger partial charge in [0.25, 0.3) is 0 Å². The van der Waals surface area contributed by atoms with Crippen molar-refractivity contribution in [2.75, 3.05) is 13.2 Å². The van der Waals surface area contributed by atoms with Gasteiger partial charge in [0.1, 0.15) is 90.2 Å². The Morgan fingerprint density at radius 1 is 0.593 bits per heavy atom. The van der Waals surface area contributed by atoms with Crippen LogP contribution in [0.1, 0.15) is 24.2 Å². The SMILES string of the molecule is C[C@@H]1O[C@@H](OC[C@H]2O[C@@H](OC3=Cc4c(O)cc(O[C@@H]5O[C@H](CO)[C@@H](O)[C@H](O)[C@@H]5O)cc4OC3c3cc(O)c(O)c(O)c3)[C@H](O)[C@@H](O)[C@@H]2O)[C@H](O)[C@@H](O)[C@H]1O. The largest absolute Gasteiger partial charge is 0.507 e. The van der Waals surface area contributed by atoms with Crippen LogP contribution < -0.4 is 9.47 Å². The lowest BCUT2D eigenvalue weighted by Crippen LogP contribution is -2.61. The van der Waals surface area contributed by atoms with E-state index in [1.54, 1.807) is 0 Å². The van der Waals surface area contributed by atoms with Crippen molar-refractivity contribution in [1.29, 1.82) is 0 Å². The normalized spacial score (nSPS) is 39.6. The molecular formula is C33H42O21. The summed E-state index contributed by atoms with van der Waals surface area (Å²) in [5, 5.41) is 144. The molecule has 4 heterocycles. The number of aliphatic hydroxyl groups excluding tert-OH is 10. The fourth-order valence-corrected chi connectivity index (χ4v) is 6.33. The summed E-state index contributed by atoms with van der Waals surface area (Å²) in [4.78, 5) is 0. The molecule has 21 nitrogen and oxygen atoms in total. The van der Waals surface area contributed by atoms with E-state index in [1.807, 2.05) is 0 Å². The molecule has 2 aromatic carbocycles. The minimum absolute atomic E-state index is 0.0801. The lowest BCUT2D eigenvalue weighted by Gasteiger charge is -2.43. The molecule has 0 aliphatic carbocycles. The van der Waals surface area contributed by atoms with Gasteiger partial charge in [-0.05, 0) is 25.1 Å². The van der Waals surface area contributed by atoms with E-state index in [1.165, 1.54) is 19.1 Å². The number of ether oxygens (including phenoxy) is 7. The van der Waals surface area contributed by atoms with Crippen LogP contribution in [0.5, 0.6) is 34.5 Å². The summed E-state index contributed by atoms with van der Waals surface area (Å²) in [7, 11) is 0. The van der Waals surface area contributed by atoms with Crippen molar-refractivity contribution in [3.05, 3.63) is 41.2 Å². The zero-order valence-electron chi connectivity index (χ0n) is 28.2. The van der Waals surface area contributed by atoms with Crippen molar-refractivity contribution in [1.82, 2.24) is 0 Å². The van der Waals surface area contributed by atoms with Crippen LogP contribution in [0.2, 0.25) is 0 Å². The number of hydrogen-bond acceptors (Lipinski definition) is 21. The van der Waals surface area contributed by atoms with Crippen LogP contribution >= 0.6 is 0 Å². The predicted octanol–water partition coefficient (Wildman–Crippen LogP) is -4.17. The maximum Gasteiger partial charge on any atom is 0.229 e. The van der Waals surface area contributed by atoms with Crippen LogP contribution in [0, 0.1) is 0 Å². The Morgan fingerprint density at radius 2 is 1.15 bits per heavy atom. The first-order valence-electron chi connectivity index (χ1n) is 16.7. The van der Waals surface area contributed by atoms with Gasteiger partial charge in [-0.25, -0.2) is 0 Å². The summed E-state index contributed by atoms with van der Waals surface area (Å²) < 4.78 is 39.6. The van der Waals surface area contributed by atoms with E-state index in [2.05, 4.69) is 0 Å². The number of aliphatic hydroxyl groups is 10. The van der Waals surface area contributed by atoms with Crippen molar-refractivity contribution in [3.63, 3.8) is 0 Å². The second kappa shape index (κ2) is 15.8. The van der Waals surface area contributed by atoms with Gasteiger partial charge in [-0.3, -0.25) is 0 Å². The molecule has 4 aliphatic rings. The highest BCUT2D eigenvalue weighted by atomic mass is 16.7. The molecule has 54 heavy (non-hydrogen) atoms. The zero-order chi connectivity index (χ0) is 39.3. The van der Waals surface area contributed by atoms with Crippen molar-refractivity contribution < 1.29 is 105 Å². The highest BCUT2D eigenvalue weighted by Gasteiger charge is 2.49. The van der Waals surface area contributed by atoms with Gasteiger partial charge in [0.2, 0.25) is 12.6 Å². The molecule has 0 radical (unpaired) electrons. The summed E-state index contributed by atoms with van der Waals surface area (Å²) in [6, 6.07) is 4.24. The zero-order valence-corrected chi connectivity index (χ0v) is 28.2. The highest BCUT2D eigenvalue weighted by molar-refractivity contribution is 5.70. The predicted molar refractivity (Wildman–Crippen MR) is 171 cm³/mol. The summed E-state index contributed by atoms with van der Waals surface area (Å²) in [5.74, 6) is -3.65. The first kappa shape index (κ1) is 39.9. The number of fused-ring (bicyclic) bond motifs is 1. The van der Waals surface area contributed by atoms with Crippen LogP contribution in [-0.2, 0) is 23.7 Å². The number of aromatic hydroxyl groups is 4. The third kappa shape index (κ3) is 7.56. The maximum atomic E-state index is 11.0. The van der Waals surface area contributed by atoms with Gasteiger partial charge in [-0.15, -0.1) is 0 Å². The van der Waals surface area contributed by atoms with E-state index in [4.69, 9.17) is 33.2 Å². The Morgan fingerprint density at radius 3 is 1.78 bits per heavy atom. The standard InChI is InChI=1S/C33H42O21/c1-9-20(38)24(42)27(45)31(49-9)48-8-19-23(41)26(44)29(47)33(54-19)52-17-6-12-13(35)4-11(50-32-28(46)25(43)22(40)18(7-34)53-32)5-16(12)51-30(17)10-2-14(36)21(39)15(37)3-10/h2-6,9,18-20,22-47H,7-8H2,1H3/t9-,18+,19+,20-,22+,23+,24-,25-,26-,27+,28-,29+,30?,31+,32+,33+/m0/s1. The molecule has 0 saturated carbocycles. The summed E-state index contributed by atoms with van der Waals surface area (Å²) in [5.41, 5.74) is -0.165. The van der Waals surface area contributed by atoms with Crippen LogP contribution in [0.3, 0.4) is 0 Å². The number of rotatable bonds is 9. The quantitative estimate of drug-likeness (QED) is 0.107. The molecule has 0 aromatic heterocycles. The van der Waals surface area contributed by atoms with E-state index in [-0.39, 0.29) is 28.4 Å². The Kier molecular flexibility index (Phi) is 11.6. The summed E-state index contributed by atoms with van der Waals surface area (Å²) in [6.45, 7) is 0.0715. The van der Waals surface area contributed by atoms with Crippen molar-refractivity contribution in [2.24, 2.45) is 0 Å². The Labute approximate surface area is 304 Å². The number of phenols is 4. The molecule has 0 amide bonds. The molecule has 1 unspecified atom stereocenters. The Hall–Kier alpha value is -3.78. The molecule has 14 N–H and O–H groups in total. The molecule has 21 heteroatoms. The number of benzene rings is 2. The first-order valence-corrected chi connectivity index (χ1v) is 16.7. The topological polar surface area (TPSA) is 348 Å². The van der Waals surface area contributed by atoms with Crippen molar-refractivity contribution in [2.45, 2.75) is 105 Å². The van der Waals surface area contributed by atoms with Crippen LogP contribution in [0.4, 0.5) is 0 Å². The van der Waals surface area contributed by atoms with Gasteiger partial charge in [-0.2, -0.15) is 0 Å².